The Morgan fingerprint density at radius 1 is 1.58 bits per heavy atom. The van der Waals surface area contributed by atoms with Gasteiger partial charge in [0.15, 0.2) is 0 Å². The van der Waals surface area contributed by atoms with Gasteiger partial charge in [0, 0.05) is 38.0 Å². The first kappa shape index (κ1) is 14.3. The van der Waals surface area contributed by atoms with Crippen LogP contribution in [-0.4, -0.2) is 37.8 Å². The fourth-order valence-electron chi connectivity index (χ4n) is 2.75. The van der Waals surface area contributed by atoms with E-state index in [0.29, 0.717) is 12.1 Å². The monoisotopic (exact) mass is 263 g/mol. The predicted molar refractivity (Wildman–Crippen MR) is 78.6 cm³/mol. The number of piperidine rings is 1. The molecule has 106 valence electrons. The molecule has 0 aromatic carbocycles. The number of hydrogen-bond donors (Lipinski definition) is 1. The number of ether oxygens (including phenoxy) is 1. The third-order valence-electron chi connectivity index (χ3n) is 3.80. The Kier molecular flexibility index (Phi) is 5.16. The lowest BCUT2D eigenvalue weighted by atomic mass is 10.0. The molecule has 1 aromatic heterocycles. The molecule has 4 heteroatoms. The van der Waals surface area contributed by atoms with Crippen LogP contribution in [0.15, 0.2) is 18.3 Å². The topological polar surface area (TPSA) is 37.4 Å². The van der Waals surface area contributed by atoms with E-state index in [1.54, 1.807) is 7.11 Å². The van der Waals surface area contributed by atoms with Gasteiger partial charge < -0.3 is 15.0 Å². The quantitative estimate of drug-likeness (QED) is 0.885. The van der Waals surface area contributed by atoms with Crippen LogP contribution in [0.2, 0.25) is 0 Å². The SMILES string of the molecule is CCNC(C)c1cccnc1N1CCCC(OC)C1. The first-order chi connectivity index (χ1) is 9.26. The van der Waals surface area contributed by atoms with Crippen molar-refractivity contribution in [1.82, 2.24) is 10.3 Å². The molecule has 2 atom stereocenters. The zero-order chi connectivity index (χ0) is 13.7. The molecule has 1 fully saturated rings. The second-order valence-corrected chi connectivity index (χ2v) is 5.14. The lowest BCUT2D eigenvalue weighted by Gasteiger charge is -2.34. The van der Waals surface area contributed by atoms with Crippen LogP contribution in [-0.2, 0) is 4.74 Å². The molecule has 4 nitrogen and oxygen atoms in total. The number of pyridine rings is 1. The van der Waals surface area contributed by atoms with Crippen molar-refractivity contribution in [3.05, 3.63) is 23.9 Å². The molecule has 19 heavy (non-hydrogen) atoms. The average molecular weight is 263 g/mol. The number of hydrogen-bond acceptors (Lipinski definition) is 4. The number of nitrogens with one attached hydrogen (secondary N) is 1. The number of anilines is 1. The average Bonchev–Trinajstić information content (AvgIpc) is 2.47. The molecule has 0 aliphatic carbocycles. The van der Waals surface area contributed by atoms with Gasteiger partial charge in [0.25, 0.3) is 0 Å². The van der Waals surface area contributed by atoms with Crippen molar-refractivity contribution in [2.75, 3.05) is 31.6 Å². The Hall–Kier alpha value is -1.13. The number of methoxy groups -OCH3 is 1. The van der Waals surface area contributed by atoms with Gasteiger partial charge in [-0.3, -0.25) is 0 Å². The van der Waals surface area contributed by atoms with E-state index in [-0.39, 0.29) is 0 Å². The van der Waals surface area contributed by atoms with Crippen molar-refractivity contribution in [2.24, 2.45) is 0 Å². The smallest absolute Gasteiger partial charge is 0.133 e. The zero-order valence-corrected chi connectivity index (χ0v) is 12.2. The molecule has 0 spiro atoms. The van der Waals surface area contributed by atoms with Gasteiger partial charge in [-0.25, -0.2) is 4.98 Å². The molecule has 1 aromatic rings. The predicted octanol–water partition coefficient (Wildman–Crippen LogP) is 2.37. The normalized spacial score (nSPS) is 21.4. The van der Waals surface area contributed by atoms with Crippen LogP contribution < -0.4 is 10.2 Å². The van der Waals surface area contributed by atoms with Crippen molar-refractivity contribution in [1.29, 1.82) is 0 Å². The van der Waals surface area contributed by atoms with Crippen LogP contribution in [0.25, 0.3) is 0 Å². The highest BCUT2D eigenvalue weighted by molar-refractivity contribution is 5.48. The summed E-state index contributed by atoms with van der Waals surface area (Å²) in [6, 6.07) is 4.52. The van der Waals surface area contributed by atoms with E-state index in [4.69, 9.17) is 4.74 Å². The Morgan fingerprint density at radius 3 is 3.16 bits per heavy atom. The summed E-state index contributed by atoms with van der Waals surface area (Å²) >= 11 is 0. The minimum absolute atomic E-state index is 0.330. The van der Waals surface area contributed by atoms with Crippen molar-refractivity contribution < 1.29 is 4.74 Å². The first-order valence-corrected chi connectivity index (χ1v) is 7.22. The molecule has 1 N–H and O–H groups in total. The number of aromatic nitrogens is 1. The molecule has 0 saturated carbocycles. The summed E-state index contributed by atoms with van der Waals surface area (Å²) in [4.78, 5) is 6.97. The van der Waals surface area contributed by atoms with Crippen molar-refractivity contribution >= 4 is 5.82 Å². The molecule has 2 rings (SSSR count). The fourth-order valence-corrected chi connectivity index (χ4v) is 2.75. The Morgan fingerprint density at radius 2 is 2.42 bits per heavy atom. The van der Waals surface area contributed by atoms with Gasteiger partial charge in [0.1, 0.15) is 5.82 Å². The molecular weight excluding hydrogens is 238 g/mol. The van der Waals surface area contributed by atoms with Crippen molar-refractivity contribution in [3.8, 4) is 0 Å². The Balaban J connectivity index is 2.18. The van der Waals surface area contributed by atoms with Crippen LogP contribution >= 0.6 is 0 Å². The second-order valence-electron chi connectivity index (χ2n) is 5.14. The minimum atomic E-state index is 0.330. The van der Waals surface area contributed by atoms with Crippen LogP contribution in [0.3, 0.4) is 0 Å². The Bertz CT molecular complexity index is 397. The largest absolute Gasteiger partial charge is 0.380 e. The maximum Gasteiger partial charge on any atom is 0.133 e. The highest BCUT2D eigenvalue weighted by atomic mass is 16.5. The van der Waals surface area contributed by atoms with Gasteiger partial charge in [-0.15, -0.1) is 0 Å². The summed E-state index contributed by atoms with van der Waals surface area (Å²) < 4.78 is 5.51. The maximum absolute atomic E-state index is 5.51. The molecule has 1 aliphatic rings. The van der Waals surface area contributed by atoms with Crippen LogP contribution in [0, 0.1) is 0 Å². The van der Waals surface area contributed by atoms with Crippen molar-refractivity contribution in [2.45, 2.75) is 38.8 Å². The molecule has 2 unspecified atom stereocenters. The van der Waals surface area contributed by atoms with Crippen molar-refractivity contribution in [3.63, 3.8) is 0 Å². The molecule has 1 aliphatic heterocycles. The van der Waals surface area contributed by atoms with Gasteiger partial charge in [-0.05, 0) is 32.4 Å². The number of nitrogens with zero attached hydrogens (tertiary/aromatic N) is 2. The van der Waals surface area contributed by atoms with E-state index in [2.05, 4.69) is 35.1 Å². The summed E-state index contributed by atoms with van der Waals surface area (Å²) in [5, 5.41) is 3.47. The molecule has 2 heterocycles. The highest BCUT2D eigenvalue weighted by Crippen LogP contribution is 2.26. The van der Waals surface area contributed by atoms with Gasteiger partial charge in [0.2, 0.25) is 0 Å². The third kappa shape index (κ3) is 3.45. The molecular formula is C15H25N3O. The maximum atomic E-state index is 5.51. The summed E-state index contributed by atoms with van der Waals surface area (Å²) in [5.74, 6) is 1.11. The summed E-state index contributed by atoms with van der Waals surface area (Å²) in [6.45, 7) is 7.31. The second kappa shape index (κ2) is 6.87. The zero-order valence-electron chi connectivity index (χ0n) is 12.2. The molecule has 1 saturated heterocycles. The first-order valence-electron chi connectivity index (χ1n) is 7.22. The standard InChI is InChI=1S/C15H25N3O/c1-4-16-12(2)14-8-5-9-17-15(14)18-10-6-7-13(11-18)19-3/h5,8-9,12-13,16H,4,6-7,10-11H2,1-3H3. The number of rotatable bonds is 5. The minimum Gasteiger partial charge on any atom is -0.380 e. The van der Waals surface area contributed by atoms with E-state index >= 15 is 0 Å². The third-order valence-corrected chi connectivity index (χ3v) is 3.80. The molecule has 0 bridgehead atoms. The fraction of sp³-hybridized carbons (Fsp3) is 0.667. The Labute approximate surface area is 116 Å². The van der Waals surface area contributed by atoms with Crippen LogP contribution in [0.4, 0.5) is 5.82 Å². The van der Waals surface area contributed by atoms with E-state index in [9.17, 15) is 0 Å². The van der Waals surface area contributed by atoms with Gasteiger partial charge in [-0.2, -0.15) is 0 Å². The highest BCUT2D eigenvalue weighted by Gasteiger charge is 2.23. The van der Waals surface area contributed by atoms with Gasteiger partial charge >= 0.3 is 0 Å². The van der Waals surface area contributed by atoms with E-state index < -0.39 is 0 Å². The molecule has 0 radical (unpaired) electrons. The summed E-state index contributed by atoms with van der Waals surface area (Å²) in [6.07, 6.45) is 4.54. The van der Waals surface area contributed by atoms with Gasteiger partial charge in [0.05, 0.1) is 6.10 Å². The summed E-state index contributed by atoms with van der Waals surface area (Å²) in [5.41, 5.74) is 1.28. The van der Waals surface area contributed by atoms with E-state index in [1.807, 2.05) is 12.3 Å². The van der Waals surface area contributed by atoms with Gasteiger partial charge in [-0.1, -0.05) is 13.0 Å². The lowest BCUT2D eigenvalue weighted by Crippen LogP contribution is -2.40. The van der Waals surface area contributed by atoms with E-state index in [0.717, 1.165) is 31.9 Å². The van der Waals surface area contributed by atoms with E-state index in [1.165, 1.54) is 12.0 Å². The molecule has 0 amide bonds. The van der Waals surface area contributed by atoms with Crippen LogP contribution in [0.5, 0.6) is 0 Å². The lowest BCUT2D eigenvalue weighted by molar-refractivity contribution is 0.0890. The van der Waals surface area contributed by atoms with Crippen LogP contribution in [0.1, 0.15) is 38.3 Å². The summed E-state index contributed by atoms with van der Waals surface area (Å²) in [7, 11) is 1.80.